The highest BCUT2D eigenvalue weighted by Crippen LogP contribution is 2.29. The lowest BCUT2D eigenvalue weighted by Gasteiger charge is -2.34. The molecule has 0 aromatic heterocycles. The number of rotatable bonds is 5. The van der Waals surface area contributed by atoms with Crippen molar-refractivity contribution in [3.63, 3.8) is 0 Å². The second-order valence-electron chi connectivity index (χ2n) is 5.79. The van der Waals surface area contributed by atoms with E-state index in [4.69, 9.17) is 10.5 Å². The molecular weight excluding hydrogens is 362 g/mol. The second-order valence-corrected chi connectivity index (χ2v) is 6.70. The van der Waals surface area contributed by atoms with Gasteiger partial charge < -0.3 is 21.1 Å². The molecule has 1 aromatic rings. The van der Waals surface area contributed by atoms with Crippen molar-refractivity contribution in [2.75, 3.05) is 31.6 Å². The molecule has 2 rings (SSSR count). The number of carbonyl (C=O) groups excluding carboxylic acids is 2. The van der Waals surface area contributed by atoms with Crippen LogP contribution in [0.5, 0.6) is 0 Å². The Bertz CT molecular complexity index is 586. The molecule has 126 valence electrons. The average molecular weight is 384 g/mol. The molecule has 1 heterocycles. The number of hydrogen-bond acceptors (Lipinski definition) is 4. The Morgan fingerprint density at radius 1 is 1.35 bits per heavy atom. The maximum Gasteiger partial charge on any atom is 0.243 e. The van der Waals surface area contributed by atoms with Gasteiger partial charge in [0.25, 0.3) is 0 Å². The Morgan fingerprint density at radius 2 is 2.04 bits per heavy atom. The summed E-state index contributed by atoms with van der Waals surface area (Å²) in [5.41, 5.74) is 6.84. The Kier molecular flexibility index (Phi) is 6.15. The maximum atomic E-state index is 12.4. The fraction of sp³-hybridized carbons (Fsp3) is 0.500. The number of anilines is 1. The summed E-state index contributed by atoms with van der Waals surface area (Å²) in [6.45, 7) is 3.14. The van der Waals surface area contributed by atoms with E-state index < -0.39 is 5.41 Å². The zero-order valence-electron chi connectivity index (χ0n) is 13.2. The Labute approximate surface area is 144 Å². The minimum absolute atomic E-state index is 0.0725. The van der Waals surface area contributed by atoms with Crippen LogP contribution in [0.3, 0.4) is 0 Å². The summed E-state index contributed by atoms with van der Waals surface area (Å²) in [6.07, 6.45) is 1.17. The molecule has 0 spiro atoms. The Morgan fingerprint density at radius 3 is 2.65 bits per heavy atom. The number of aryl methyl sites for hydroxylation is 1. The van der Waals surface area contributed by atoms with Gasteiger partial charge in [-0.1, -0.05) is 15.9 Å². The molecule has 0 unspecified atom stereocenters. The molecule has 4 N–H and O–H groups in total. The van der Waals surface area contributed by atoms with Gasteiger partial charge in [0.05, 0.1) is 12.0 Å². The fourth-order valence-electron chi connectivity index (χ4n) is 2.60. The van der Waals surface area contributed by atoms with Crippen LogP contribution in [0.1, 0.15) is 18.4 Å². The molecule has 1 fully saturated rings. The summed E-state index contributed by atoms with van der Waals surface area (Å²) in [7, 11) is 0. The van der Waals surface area contributed by atoms with Crippen LogP contribution in [-0.2, 0) is 14.3 Å². The molecule has 1 saturated heterocycles. The van der Waals surface area contributed by atoms with Crippen molar-refractivity contribution in [2.45, 2.75) is 19.8 Å². The van der Waals surface area contributed by atoms with Crippen LogP contribution >= 0.6 is 15.9 Å². The van der Waals surface area contributed by atoms with Crippen LogP contribution in [-0.4, -0.2) is 38.1 Å². The van der Waals surface area contributed by atoms with E-state index in [1.165, 1.54) is 0 Å². The first kappa shape index (κ1) is 17.9. The van der Waals surface area contributed by atoms with Crippen LogP contribution < -0.4 is 16.4 Å². The van der Waals surface area contributed by atoms with E-state index in [1.54, 1.807) is 0 Å². The summed E-state index contributed by atoms with van der Waals surface area (Å²) in [6, 6.07) is 5.59. The smallest absolute Gasteiger partial charge is 0.243 e. The van der Waals surface area contributed by atoms with Crippen molar-refractivity contribution >= 4 is 33.4 Å². The SMILES string of the molecule is Cc1cc(Br)ccc1NC(=O)CNC(=O)C1(CN)CCOCC1. The van der Waals surface area contributed by atoms with Crippen molar-refractivity contribution in [2.24, 2.45) is 11.1 Å². The molecule has 0 aliphatic carbocycles. The number of carbonyl (C=O) groups is 2. The number of nitrogens with one attached hydrogen (secondary N) is 2. The van der Waals surface area contributed by atoms with Crippen molar-refractivity contribution in [3.05, 3.63) is 28.2 Å². The predicted octanol–water partition coefficient (Wildman–Crippen LogP) is 1.57. The van der Waals surface area contributed by atoms with Crippen molar-refractivity contribution < 1.29 is 14.3 Å². The summed E-state index contributed by atoms with van der Waals surface area (Å²) in [4.78, 5) is 24.4. The van der Waals surface area contributed by atoms with Crippen LogP contribution in [0.4, 0.5) is 5.69 Å². The lowest BCUT2D eigenvalue weighted by molar-refractivity contribution is -0.137. The van der Waals surface area contributed by atoms with Gasteiger partial charge in [-0.05, 0) is 43.5 Å². The summed E-state index contributed by atoms with van der Waals surface area (Å²) >= 11 is 3.38. The number of ether oxygens (including phenoxy) is 1. The number of hydrogen-bond donors (Lipinski definition) is 3. The van der Waals surface area contributed by atoms with Crippen LogP contribution in [0.25, 0.3) is 0 Å². The first-order chi connectivity index (χ1) is 11.0. The number of amides is 2. The molecule has 0 atom stereocenters. The average Bonchev–Trinajstić information content (AvgIpc) is 2.55. The third-order valence-electron chi connectivity index (χ3n) is 4.19. The standard InChI is InChI=1S/C16H22BrN3O3/c1-11-8-12(17)2-3-13(11)20-14(21)9-19-15(22)16(10-18)4-6-23-7-5-16/h2-3,8H,4-7,9-10,18H2,1H3,(H,19,22)(H,20,21). The normalized spacial score (nSPS) is 16.7. The van der Waals surface area contributed by atoms with E-state index in [1.807, 2.05) is 25.1 Å². The van der Waals surface area contributed by atoms with Gasteiger partial charge in [0.15, 0.2) is 0 Å². The molecule has 0 radical (unpaired) electrons. The molecule has 1 aliphatic heterocycles. The topological polar surface area (TPSA) is 93.5 Å². The lowest BCUT2D eigenvalue weighted by atomic mass is 9.79. The van der Waals surface area contributed by atoms with Crippen LogP contribution in [0, 0.1) is 12.3 Å². The zero-order valence-corrected chi connectivity index (χ0v) is 14.7. The molecule has 6 nitrogen and oxygen atoms in total. The molecule has 7 heteroatoms. The molecule has 1 aromatic carbocycles. The van der Waals surface area contributed by atoms with E-state index in [0.29, 0.717) is 26.1 Å². The van der Waals surface area contributed by atoms with E-state index in [0.717, 1.165) is 15.7 Å². The monoisotopic (exact) mass is 383 g/mol. The summed E-state index contributed by atoms with van der Waals surface area (Å²) in [5.74, 6) is -0.436. The maximum absolute atomic E-state index is 12.4. The largest absolute Gasteiger partial charge is 0.381 e. The minimum Gasteiger partial charge on any atom is -0.381 e. The molecule has 0 bridgehead atoms. The highest BCUT2D eigenvalue weighted by molar-refractivity contribution is 9.10. The van der Waals surface area contributed by atoms with Gasteiger partial charge in [-0.25, -0.2) is 0 Å². The van der Waals surface area contributed by atoms with E-state index >= 15 is 0 Å². The minimum atomic E-state index is -0.619. The first-order valence-corrected chi connectivity index (χ1v) is 8.38. The van der Waals surface area contributed by atoms with Gasteiger partial charge >= 0.3 is 0 Å². The molecular formula is C16H22BrN3O3. The van der Waals surface area contributed by atoms with Gasteiger partial charge in [0, 0.05) is 29.9 Å². The lowest BCUT2D eigenvalue weighted by Crippen LogP contribution is -2.50. The van der Waals surface area contributed by atoms with Crippen molar-refractivity contribution in [3.8, 4) is 0 Å². The molecule has 2 amide bonds. The van der Waals surface area contributed by atoms with Crippen molar-refractivity contribution in [1.82, 2.24) is 5.32 Å². The quantitative estimate of drug-likeness (QED) is 0.719. The zero-order chi connectivity index (χ0) is 16.9. The fourth-order valence-corrected chi connectivity index (χ4v) is 3.07. The van der Waals surface area contributed by atoms with E-state index in [-0.39, 0.29) is 24.9 Å². The highest BCUT2D eigenvalue weighted by atomic mass is 79.9. The van der Waals surface area contributed by atoms with Gasteiger partial charge in [0.2, 0.25) is 11.8 Å². The predicted molar refractivity (Wildman–Crippen MR) is 92.1 cm³/mol. The number of nitrogens with two attached hydrogens (primary N) is 1. The summed E-state index contributed by atoms with van der Waals surface area (Å²) < 4.78 is 6.24. The van der Waals surface area contributed by atoms with E-state index in [9.17, 15) is 9.59 Å². The Balaban J connectivity index is 1.89. The van der Waals surface area contributed by atoms with Crippen LogP contribution in [0.2, 0.25) is 0 Å². The number of halogens is 1. The first-order valence-electron chi connectivity index (χ1n) is 7.59. The van der Waals surface area contributed by atoms with E-state index in [2.05, 4.69) is 26.6 Å². The highest BCUT2D eigenvalue weighted by Gasteiger charge is 2.38. The second kappa shape index (κ2) is 7.90. The van der Waals surface area contributed by atoms with Gasteiger partial charge in [0.1, 0.15) is 0 Å². The van der Waals surface area contributed by atoms with Gasteiger partial charge in [-0.3, -0.25) is 9.59 Å². The summed E-state index contributed by atoms with van der Waals surface area (Å²) in [5, 5.41) is 5.50. The third kappa shape index (κ3) is 4.53. The Hall–Kier alpha value is -1.44. The van der Waals surface area contributed by atoms with Gasteiger partial charge in [-0.2, -0.15) is 0 Å². The number of benzene rings is 1. The molecule has 1 aliphatic rings. The van der Waals surface area contributed by atoms with Crippen molar-refractivity contribution in [1.29, 1.82) is 0 Å². The molecule has 0 saturated carbocycles. The third-order valence-corrected chi connectivity index (χ3v) is 4.69. The van der Waals surface area contributed by atoms with Crippen LogP contribution in [0.15, 0.2) is 22.7 Å². The van der Waals surface area contributed by atoms with Gasteiger partial charge in [-0.15, -0.1) is 0 Å². The molecule has 23 heavy (non-hydrogen) atoms.